The molecule has 2 nitrogen and oxygen atoms in total. The van der Waals surface area contributed by atoms with Crippen molar-refractivity contribution < 1.29 is 31.4 Å². The molecule has 198 valence electrons. The molecular formula is C31H27F5O2. The predicted octanol–water partition coefficient (Wildman–Crippen LogP) is 9.05. The van der Waals surface area contributed by atoms with E-state index in [0.29, 0.717) is 29.2 Å². The van der Waals surface area contributed by atoms with Gasteiger partial charge >= 0.3 is 0 Å². The summed E-state index contributed by atoms with van der Waals surface area (Å²) in [6, 6.07) is 15.1. The third-order valence-electron chi connectivity index (χ3n) is 7.10. The van der Waals surface area contributed by atoms with Gasteiger partial charge in [-0.25, -0.2) is 22.0 Å². The van der Waals surface area contributed by atoms with Gasteiger partial charge in [0.25, 0.3) is 0 Å². The highest BCUT2D eigenvalue weighted by atomic mass is 19.2. The maximum Gasteiger partial charge on any atom is 0.195 e. The molecule has 0 N–H and O–H groups in total. The molecular weight excluding hydrogens is 499 g/mol. The fourth-order valence-electron chi connectivity index (χ4n) is 5.04. The molecule has 0 aromatic heterocycles. The van der Waals surface area contributed by atoms with Gasteiger partial charge in [0, 0.05) is 5.39 Å². The van der Waals surface area contributed by atoms with E-state index < -0.39 is 34.8 Å². The summed E-state index contributed by atoms with van der Waals surface area (Å²) in [6.07, 6.45) is 3.56. The minimum atomic E-state index is -1.50. The molecule has 1 heterocycles. The zero-order valence-electron chi connectivity index (χ0n) is 20.9. The lowest BCUT2D eigenvalue weighted by molar-refractivity contribution is -0.0198. The van der Waals surface area contributed by atoms with Crippen molar-refractivity contribution in [2.75, 3.05) is 6.61 Å². The standard InChI is InChI=1S/C31H27F5O2/c1-2-3-18-6-11-28(37-16-18)23-14-26(33)31(27(34)15-23)38-17-19-4-7-20(8-5-19)21-9-10-24-22(12-21)13-25(32)30(36)29(24)35/h4-5,7-10,12-15,18,28H,2-3,6,11,16-17H2,1H3/t18?,28-/m0/s1. The molecule has 4 aromatic carbocycles. The monoisotopic (exact) mass is 526 g/mol. The number of hydrogen-bond acceptors (Lipinski definition) is 2. The Labute approximate surface area is 218 Å². The van der Waals surface area contributed by atoms with Crippen molar-refractivity contribution in [1.29, 1.82) is 0 Å². The Morgan fingerprint density at radius 2 is 1.50 bits per heavy atom. The van der Waals surface area contributed by atoms with Crippen LogP contribution in [0.15, 0.2) is 60.7 Å². The first kappa shape index (κ1) is 26.2. The second kappa shape index (κ2) is 11.1. The van der Waals surface area contributed by atoms with E-state index in [-0.39, 0.29) is 23.5 Å². The lowest BCUT2D eigenvalue weighted by Gasteiger charge is -2.29. The number of halogens is 5. The summed E-state index contributed by atoms with van der Waals surface area (Å²) in [7, 11) is 0. The molecule has 7 heteroatoms. The van der Waals surface area contributed by atoms with Crippen molar-refractivity contribution >= 4 is 10.8 Å². The molecule has 0 aliphatic carbocycles. The second-order valence-corrected chi connectivity index (χ2v) is 9.78. The summed E-state index contributed by atoms with van der Waals surface area (Å²) in [5.41, 5.74) is 2.57. The molecule has 0 saturated carbocycles. The van der Waals surface area contributed by atoms with Crippen molar-refractivity contribution in [3.8, 4) is 16.9 Å². The Kier molecular flexibility index (Phi) is 7.65. The highest BCUT2D eigenvalue weighted by Gasteiger charge is 2.25. The van der Waals surface area contributed by atoms with E-state index in [0.717, 1.165) is 37.3 Å². The number of rotatable bonds is 7. The predicted molar refractivity (Wildman–Crippen MR) is 136 cm³/mol. The van der Waals surface area contributed by atoms with Crippen molar-refractivity contribution in [1.82, 2.24) is 0 Å². The molecule has 1 saturated heterocycles. The summed E-state index contributed by atoms with van der Waals surface area (Å²) >= 11 is 0. The van der Waals surface area contributed by atoms with E-state index in [2.05, 4.69) is 6.92 Å². The topological polar surface area (TPSA) is 18.5 Å². The van der Waals surface area contributed by atoms with E-state index >= 15 is 0 Å². The average molecular weight is 527 g/mol. The average Bonchev–Trinajstić information content (AvgIpc) is 2.92. The molecule has 0 amide bonds. The van der Waals surface area contributed by atoms with E-state index in [1.165, 1.54) is 18.2 Å². The molecule has 0 spiro atoms. The number of benzene rings is 4. The molecule has 0 radical (unpaired) electrons. The summed E-state index contributed by atoms with van der Waals surface area (Å²) in [5, 5.41) is 0.226. The summed E-state index contributed by atoms with van der Waals surface area (Å²) < 4.78 is 82.0. The van der Waals surface area contributed by atoms with Crippen molar-refractivity contribution in [3.63, 3.8) is 0 Å². The number of hydrogen-bond donors (Lipinski definition) is 0. The zero-order chi connectivity index (χ0) is 26.8. The molecule has 5 rings (SSSR count). The van der Waals surface area contributed by atoms with Crippen molar-refractivity contribution in [2.45, 2.75) is 45.3 Å². The van der Waals surface area contributed by atoms with E-state index in [9.17, 15) is 22.0 Å². The Morgan fingerprint density at radius 1 is 0.789 bits per heavy atom. The van der Waals surface area contributed by atoms with Gasteiger partial charge in [-0.15, -0.1) is 0 Å². The fourth-order valence-corrected chi connectivity index (χ4v) is 5.04. The van der Waals surface area contributed by atoms with Gasteiger partial charge in [0.05, 0.1) is 12.7 Å². The van der Waals surface area contributed by atoms with Crippen LogP contribution in [0.2, 0.25) is 0 Å². The molecule has 1 fully saturated rings. The smallest absolute Gasteiger partial charge is 0.195 e. The fraction of sp³-hybridized carbons (Fsp3) is 0.290. The lowest BCUT2D eigenvalue weighted by atomic mass is 9.92. The van der Waals surface area contributed by atoms with Crippen LogP contribution in [0.5, 0.6) is 5.75 Å². The van der Waals surface area contributed by atoms with E-state index in [1.807, 2.05) is 0 Å². The van der Waals surface area contributed by atoms with Crippen LogP contribution in [-0.4, -0.2) is 6.61 Å². The van der Waals surface area contributed by atoms with Crippen LogP contribution < -0.4 is 4.74 Å². The normalized spacial score (nSPS) is 17.6. The highest BCUT2D eigenvalue weighted by Crippen LogP contribution is 2.35. The van der Waals surface area contributed by atoms with Crippen LogP contribution >= 0.6 is 0 Å². The molecule has 1 unspecified atom stereocenters. The van der Waals surface area contributed by atoms with E-state index in [4.69, 9.17) is 9.47 Å². The maximum atomic E-state index is 14.8. The van der Waals surface area contributed by atoms with Crippen molar-refractivity contribution in [3.05, 3.63) is 101 Å². The Morgan fingerprint density at radius 3 is 2.16 bits per heavy atom. The van der Waals surface area contributed by atoms with Crippen molar-refractivity contribution in [2.24, 2.45) is 5.92 Å². The first-order chi connectivity index (χ1) is 18.3. The number of ether oxygens (including phenoxy) is 2. The van der Waals surface area contributed by atoms with Gasteiger partial charge in [-0.2, -0.15) is 0 Å². The quantitative estimate of drug-likeness (QED) is 0.177. The minimum absolute atomic E-state index is 0.0107. The van der Waals surface area contributed by atoms with Crippen LogP contribution in [0.1, 0.15) is 49.8 Å². The third-order valence-corrected chi connectivity index (χ3v) is 7.10. The van der Waals surface area contributed by atoms with Crippen LogP contribution in [0.3, 0.4) is 0 Å². The minimum Gasteiger partial charge on any atom is -0.483 e. The van der Waals surface area contributed by atoms with Gasteiger partial charge in [0.15, 0.2) is 34.8 Å². The maximum absolute atomic E-state index is 14.8. The van der Waals surface area contributed by atoms with Gasteiger partial charge in [0.1, 0.15) is 6.61 Å². The molecule has 4 aromatic rings. The summed E-state index contributed by atoms with van der Waals surface area (Å²) in [6.45, 7) is 2.67. The molecule has 1 aliphatic heterocycles. The molecule has 2 atom stereocenters. The van der Waals surface area contributed by atoms with Gasteiger partial charge < -0.3 is 9.47 Å². The molecule has 0 bridgehead atoms. The van der Waals surface area contributed by atoms with Crippen LogP contribution in [-0.2, 0) is 11.3 Å². The second-order valence-electron chi connectivity index (χ2n) is 9.78. The Bertz CT molecular complexity index is 1420. The van der Waals surface area contributed by atoms with Gasteiger partial charge in [0.2, 0.25) is 0 Å². The van der Waals surface area contributed by atoms with Gasteiger partial charge in [-0.1, -0.05) is 49.7 Å². The highest BCUT2D eigenvalue weighted by molar-refractivity contribution is 5.88. The number of fused-ring (bicyclic) bond motifs is 1. The Balaban J connectivity index is 1.26. The summed E-state index contributed by atoms with van der Waals surface area (Å²) in [4.78, 5) is 0. The molecule has 1 aliphatic rings. The van der Waals surface area contributed by atoms with Crippen LogP contribution in [0.25, 0.3) is 21.9 Å². The van der Waals surface area contributed by atoms with Gasteiger partial charge in [-0.05, 0) is 77.1 Å². The summed E-state index contributed by atoms with van der Waals surface area (Å²) in [5.74, 6) is -5.47. The van der Waals surface area contributed by atoms with E-state index in [1.54, 1.807) is 36.4 Å². The lowest BCUT2D eigenvalue weighted by Crippen LogP contribution is -2.20. The zero-order valence-corrected chi connectivity index (χ0v) is 20.9. The third kappa shape index (κ3) is 5.39. The first-order valence-electron chi connectivity index (χ1n) is 12.7. The van der Waals surface area contributed by atoms with Gasteiger partial charge in [-0.3, -0.25) is 0 Å². The molecule has 38 heavy (non-hydrogen) atoms. The first-order valence-corrected chi connectivity index (χ1v) is 12.7. The van der Waals surface area contributed by atoms with Crippen LogP contribution in [0.4, 0.5) is 22.0 Å². The SMILES string of the molecule is CCCC1CC[C@@H](c2cc(F)c(OCc3ccc(-c4ccc5c(F)c(F)c(F)cc5c4)cc3)c(F)c2)OC1. The Hall–Kier alpha value is -3.45. The van der Waals surface area contributed by atoms with Crippen LogP contribution in [0, 0.1) is 35.0 Å². The largest absolute Gasteiger partial charge is 0.483 e.